The van der Waals surface area contributed by atoms with E-state index in [9.17, 15) is 9.59 Å². The van der Waals surface area contributed by atoms with Gasteiger partial charge in [0.15, 0.2) is 0 Å². The number of piperidine rings is 1. The van der Waals surface area contributed by atoms with Gasteiger partial charge in [-0.05, 0) is 62.5 Å². The zero-order valence-electron chi connectivity index (χ0n) is 21.8. The quantitative estimate of drug-likeness (QED) is 0.538. The molecule has 2 aliphatic rings. The first-order chi connectivity index (χ1) is 17.5. The Labute approximate surface area is 214 Å². The minimum Gasteiger partial charge on any atom is -0.497 e. The third-order valence-electron chi connectivity index (χ3n) is 7.85. The number of hydrogen-bond donors (Lipinski definition) is 1. The largest absolute Gasteiger partial charge is 0.497 e. The van der Waals surface area contributed by atoms with Gasteiger partial charge in [0.25, 0.3) is 0 Å². The number of methoxy groups -OCH3 is 2. The summed E-state index contributed by atoms with van der Waals surface area (Å²) in [5, 5.41) is 3.17. The molecule has 2 amide bonds. The van der Waals surface area contributed by atoms with E-state index in [1.807, 2.05) is 60.4 Å². The van der Waals surface area contributed by atoms with Gasteiger partial charge in [-0.2, -0.15) is 0 Å². The van der Waals surface area contributed by atoms with E-state index >= 15 is 0 Å². The van der Waals surface area contributed by atoms with Gasteiger partial charge in [-0.3, -0.25) is 9.59 Å². The van der Waals surface area contributed by atoms with E-state index in [0.717, 1.165) is 74.5 Å². The van der Waals surface area contributed by atoms with Gasteiger partial charge in [-0.15, -0.1) is 0 Å². The van der Waals surface area contributed by atoms with Gasteiger partial charge in [0, 0.05) is 31.6 Å². The number of carbonyl (C=O) groups excluding carboxylic acids is 2. The lowest BCUT2D eigenvalue weighted by molar-refractivity contribution is -0.139. The van der Waals surface area contributed by atoms with E-state index in [1.54, 1.807) is 14.2 Å². The number of amides is 2. The van der Waals surface area contributed by atoms with Gasteiger partial charge in [0.05, 0.1) is 25.7 Å². The highest BCUT2D eigenvalue weighted by atomic mass is 16.5. The SMILES string of the molecule is CCC(=O)NC(CCN1CCC2(CC1)CCN(Cc1ccc(OC)cc1)C2=O)c1ccccc1OC. The lowest BCUT2D eigenvalue weighted by Gasteiger charge is -2.38. The molecule has 0 aliphatic carbocycles. The fourth-order valence-electron chi connectivity index (χ4n) is 5.53. The summed E-state index contributed by atoms with van der Waals surface area (Å²) in [4.78, 5) is 30.1. The topological polar surface area (TPSA) is 71.1 Å². The maximum absolute atomic E-state index is 13.4. The summed E-state index contributed by atoms with van der Waals surface area (Å²) >= 11 is 0. The van der Waals surface area contributed by atoms with Crippen LogP contribution in [0.3, 0.4) is 0 Å². The van der Waals surface area contributed by atoms with Crippen LogP contribution in [0.5, 0.6) is 11.5 Å². The molecule has 1 N–H and O–H groups in total. The number of hydrogen-bond acceptors (Lipinski definition) is 5. The van der Waals surface area contributed by atoms with Crippen molar-refractivity contribution in [2.75, 3.05) is 40.4 Å². The smallest absolute Gasteiger partial charge is 0.229 e. The van der Waals surface area contributed by atoms with Crippen LogP contribution < -0.4 is 14.8 Å². The molecule has 194 valence electrons. The van der Waals surface area contributed by atoms with Crippen molar-refractivity contribution in [1.29, 1.82) is 0 Å². The molecular weight excluding hydrogens is 454 g/mol. The number of ether oxygens (including phenoxy) is 2. The summed E-state index contributed by atoms with van der Waals surface area (Å²) < 4.78 is 10.8. The van der Waals surface area contributed by atoms with Crippen LogP contribution in [0, 0.1) is 5.41 Å². The maximum atomic E-state index is 13.4. The monoisotopic (exact) mass is 493 g/mol. The highest BCUT2D eigenvalue weighted by Gasteiger charge is 2.47. The molecule has 0 aromatic heterocycles. The van der Waals surface area contributed by atoms with Crippen LogP contribution in [0.25, 0.3) is 0 Å². The predicted octanol–water partition coefficient (Wildman–Crippen LogP) is 4.18. The first-order valence-electron chi connectivity index (χ1n) is 13.0. The van der Waals surface area contributed by atoms with Crippen molar-refractivity contribution in [3.63, 3.8) is 0 Å². The van der Waals surface area contributed by atoms with Gasteiger partial charge >= 0.3 is 0 Å². The fraction of sp³-hybridized carbons (Fsp3) is 0.517. The molecule has 7 heteroatoms. The third kappa shape index (κ3) is 5.84. The number of nitrogens with zero attached hydrogens (tertiary/aromatic N) is 2. The van der Waals surface area contributed by atoms with E-state index in [-0.39, 0.29) is 17.4 Å². The molecule has 0 radical (unpaired) electrons. The van der Waals surface area contributed by atoms with Gasteiger partial charge in [0.1, 0.15) is 11.5 Å². The molecule has 1 unspecified atom stereocenters. The second-order valence-corrected chi connectivity index (χ2v) is 9.95. The Balaban J connectivity index is 1.32. The molecule has 4 rings (SSSR count). The molecule has 2 aromatic rings. The Morgan fingerprint density at radius 1 is 1.00 bits per heavy atom. The zero-order chi connectivity index (χ0) is 25.5. The normalized spacial score (nSPS) is 18.3. The van der Waals surface area contributed by atoms with Crippen LogP contribution in [-0.2, 0) is 16.1 Å². The van der Waals surface area contributed by atoms with Crippen molar-refractivity contribution >= 4 is 11.8 Å². The summed E-state index contributed by atoms with van der Waals surface area (Å²) in [7, 11) is 3.33. The van der Waals surface area contributed by atoms with Gasteiger partial charge in [-0.1, -0.05) is 37.3 Å². The number of carbonyl (C=O) groups is 2. The number of nitrogens with one attached hydrogen (secondary N) is 1. The Bertz CT molecular complexity index is 1030. The maximum Gasteiger partial charge on any atom is 0.229 e. The Morgan fingerprint density at radius 3 is 2.36 bits per heavy atom. The summed E-state index contributed by atoms with van der Waals surface area (Å²) in [6, 6.07) is 15.8. The van der Waals surface area contributed by atoms with E-state index in [1.165, 1.54) is 0 Å². The van der Waals surface area contributed by atoms with E-state index in [0.29, 0.717) is 18.9 Å². The highest BCUT2D eigenvalue weighted by Crippen LogP contribution is 2.42. The van der Waals surface area contributed by atoms with Crippen molar-refractivity contribution < 1.29 is 19.1 Å². The molecule has 2 saturated heterocycles. The Hall–Kier alpha value is -3.06. The average Bonchev–Trinajstić information content (AvgIpc) is 3.21. The van der Waals surface area contributed by atoms with Crippen LogP contribution >= 0.6 is 0 Å². The van der Waals surface area contributed by atoms with Crippen molar-refractivity contribution in [2.24, 2.45) is 5.41 Å². The van der Waals surface area contributed by atoms with Gasteiger partial charge in [0.2, 0.25) is 11.8 Å². The van der Waals surface area contributed by atoms with Crippen LogP contribution in [-0.4, -0.2) is 62.0 Å². The van der Waals surface area contributed by atoms with E-state index in [4.69, 9.17) is 9.47 Å². The molecule has 1 atom stereocenters. The van der Waals surface area contributed by atoms with E-state index in [2.05, 4.69) is 10.2 Å². The van der Waals surface area contributed by atoms with Gasteiger partial charge < -0.3 is 24.6 Å². The molecule has 2 heterocycles. The third-order valence-corrected chi connectivity index (χ3v) is 7.85. The van der Waals surface area contributed by atoms with Crippen molar-refractivity contribution in [3.8, 4) is 11.5 Å². The van der Waals surface area contributed by atoms with E-state index < -0.39 is 0 Å². The molecule has 36 heavy (non-hydrogen) atoms. The summed E-state index contributed by atoms with van der Waals surface area (Å²) in [6.07, 6.45) is 3.98. The van der Waals surface area contributed by atoms with Crippen LogP contribution in [0.1, 0.15) is 56.2 Å². The molecule has 0 bridgehead atoms. The summed E-state index contributed by atoms with van der Waals surface area (Å²) in [6.45, 7) is 6.03. The van der Waals surface area contributed by atoms with Gasteiger partial charge in [-0.25, -0.2) is 0 Å². The molecule has 7 nitrogen and oxygen atoms in total. The van der Waals surface area contributed by atoms with Crippen LogP contribution in [0.15, 0.2) is 48.5 Å². The fourth-order valence-corrected chi connectivity index (χ4v) is 5.53. The Kier molecular flexibility index (Phi) is 8.52. The van der Waals surface area contributed by atoms with Crippen molar-refractivity contribution in [3.05, 3.63) is 59.7 Å². The highest BCUT2D eigenvalue weighted by molar-refractivity contribution is 5.85. The Morgan fingerprint density at radius 2 is 1.69 bits per heavy atom. The zero-order valence-corrected chi connectivity index (χ0v) is 21.8. The van der Waals surface area contributed by atoms with Crippen molar-refractivity contribution in [1.82, 2.24) is 15.1 Å². The van der Waals surface area contributed by atoms with Crippen LogP contribution in [0.4, 0.5) is 0 Å². The molecule has 0 saturated carbocycles. The minimum absolute atomic E-state index is 0.0389. The number of likely N-dealkylation sites (tertiary alicyclic amines) is 2. The summed E-state index contributed by atoms with van der Waals surface area (Å²) in [5.41, 5.74) is 1.92. The molecule has 2 aliphatic heterocycles. The predicted molar refractivity (Wildman–Crippen MR) is 140 cm³/mol. The van der Waals surface area contributed by atoms with Crippen molar-refractivity contribution in [2.45, 2.75) is 51.6 Å². The molecule has 2 fully saturated rings. The molecule has 2 aromatic carbocycles. The number of rotatable bonds is 10. The summed E-state index contributed by atoms with van der Waals surface area (Å²) in [5.74, 6) is 1.97. The minimum atomic E-state index is -0.221. The second-order valence-electron chi connectivity index (χ2n) is 9.95. The first-order valence-corrected chi connectivity index (χ1v) is 13.0. The lowest BCUT2D eigenvalue weighted by atomic mass is 9.77. The molecule has 1 spiro atoms. The molecular formula is C29H39N3O4. The lowest BCUT2D eigenvalue weighted by Crippen LogP contribution is -2.45. The van der Waals surface area contributed by atoms with Crippen LogP contribution in [0.2, 0.25) is 0 Å². The number of para-hydroxylation sites is 1. The number of benzene rings is 2. The second kappa shape index (κ2) is 11.8. The first kappa shape index (κ1) is 26.0. The average molecular weight is 494 g/mol. The standard InChI is InChI=1S/C29H39N3O4/c1-4-27(33)30-25(24-7-5-6-8-26(24)36-3)13-17-31-18-14-29(15-19-31)16-20-32(28(29)34)21-22-9-11-23(35-2)12-10-22/h5-12,25H,4,13-21H2,1-3H3,(H,30,33).